The van der Waals surface area contributed by atoms with E-state index >= 15 is 0 Å². The van der Waals surface area contributed by atoms with E-state index in [-0.39, 0.29) is 30.3 Å². The monoisotopic (exact) mass is 626 g/mol. The van der Waals surface area contributed by atoms with E-state index in [1.807, 2.05) is 32.0 Å². The van der Waals surface area contributed by atoms with Gasteiger partial charge in [0.15, 0.2) is 0 Å². The number of ether oxygens (including phenoxy) is 1. The van der Waals surface area contributed by atoms with Crippen molar-refractivity contribution >= 4 is 29.3 Å². The van der Waals surface area contributed by atoms with Crippen molar-refractivity contribution in [3.05, 3.63) is 64.2 Å². The van der Waals surface area contributed by atoms with Gasteiger partial charge in [-0.25, -0.2) is 0 Å². The van der Waals surface area contributed by atoms with Crippen molar-refractivity contribution in [2.45, 2.75) is 96.1 Å². The first-order chi connectivity index (χ1) is 20.9. The Balaban J connectivity index is 1.68. The first-order valence-corrected chi connectivity index (χ1v) is 16.1. The van der Waals surface area contributed by atoms with Crippen LogP contribution in [0.1, 0.15) is 63.6 Å². The van der Waals surface area contributed by atoms with Gasteiger partial charge in [0.25, 0.3) is 0 Å². The second-order valence-corrected chi connectivity index (χ2v) is 13.2. The number of rotatable bonds is 5. The van der Waals surface area contributed by atoms with E-state index < -0.39 is 29.6 Å². The first kappa shape index (κ1) is 33.7. The molecule has 2 aliphatic rings. The predicted octanol–water partition coefficient (Wildman–Crippen LogP) is 3.43. The molecule has 0 saturated heterocycles. The molecule has 2 aliphatic heterocycles. The minimum Gasteiger partial charge on any atom is -0.489 e. The molecule has 2 aromatic rings. The number of aryl methyl sites for hydroxylation is 2. The Morgan fingerprint density at radius 3 is 2.41 bits per heavy atom. The Labute approximate surface area is 266 Å². The van der Waals surface area contributed by atoms with Crippen molar-refractivity contribution in [2.75, 3.05) is 20.1 Å². The third kappa shape index (κ3) is 8.31. The molecule has 2 bridgehead atoms. The fourth-order valence-electron chi connectivity index (χ4n) is 6.14. The molecule has 3 amide bonds. The molecular weight excluding hydrogens is 580 g/mol. The summed E-state index contributed by atoms with van der Waals surface area (Å²) in [4.78, 5) is 42.8. The predicted molar refractivity (Wildman–Crippen MR) is 172 cm³/mol. The standard InChI is InChI=1S/C34H47ClN4O5/c1-6-21(2)28-33(42)39(5)30(34(3,4)43)32(41)38-27(19-22-12-15-25(35)16-13-22)31(40)36-18-8-11-23-9-7-10-24-14-17-26(20-37-28)44-29(23)24/h7,9-10,12-13,15-16,21,26-28,30,37,43H,6,8,11,14,17-20H2,1-5H3,(H,36,40)(H,38,41)/t21?,26?,27?,28-,30+/m0/s1. The largest absolute Gasteiger partial charge is 0.489 e. The number of nitrogens with zero attached hydrogens (tertiary/aromatic N) is 1. The van der Waals surface area contributed by atoms with E-state index in [0.717, 1.165) is 42.6 Å². The molecule has 0 saturated carbocycles. The maximum Gasteiger partial charge on any atom is 0.246 e. The quantitative estimate of drug-likeness (QED) is 0.404. The topological polar surface area (TPSA) is 120 Å². The molecule has 4 N–H and O–H groups in total. The molecular formula is C34H47ClN4O5. The second kappa shape index (κ2) is 14.8. The third-order valence-electron chi connectivity index (χ3n) is 8.80. The van der Waals surface area contributed by atoms with Crippen molar-refractivity contribution in [2.24, 2.45) is 5.92 Å². The number of hydrogen-bond acceptors (Lipinski definition) is 6. The van der Waals surface area contributed by atoms with Crippen LogP contribution in [0.4, 0.5) is 0 Å². The van der Waals surface area contributed by atoms with Crippen molar-refractivity contribution in [3.63, 3.8) is 0 Å². The number of fused-ring (bicyclic) bond motifs is 1. The number of hydrogen-bond donors (Lipinski definition) is 4. The number of amides is 3. The maximum absolute atomic E-state index is 14.1. The maximum atomic E-state index is 14.1. The highest BCUT2D eigenvalue weighted by Crippen LogP contribution is 2.32. The van der Waals surface area contributed by atoms with Gasteiger partial charge >= 0.3 is 0 Å². The zero-order valence-electron chi connectivity index (χ0n) is 26.5. The molecule has 0 aliphatic carbocycles. The lowest BCUT2D eigenvalue weighted by molar-refractivity contribution is -0.150. The number of halogens is 1. The van der Waals surface area contributed by atoms with Crippen molar-refractivity contribution in [1.82, 2.24) is 20.9 Å². The van der Waals surface area contributed by atoms with E-state index in [9.17, 15) is 19.5 Å². The Hall–Kier alpha value is -3.14. The van der Waals surface area contributed by atoms with Gasteiger partial charge < -0.3 is 30.7 Å². The molecule has 0 aromatic heterocycles. The Morgan fingerprint density at radius 2 is 1.75 bits per heavy atom. The highest BCUT2D eigenvalue weighted by atomic mass is 35.5. The average Bonchev–Trinajstić information content (AvgIpc) is 2.98. The zero-order chi connectivity index (χ0) is 32.0. The van der Waals surface area contributed by atoms with Gasteiger partial charge in [-0.1, -0.05) is 62.2 Å². The van der Waals surface area contributed by atoms with E-state index in [0.29, 0.717) is 24.5 Å². The second-order valence-electron chi connectivity index (χ2n) is 12.7. The summed E-state index contributed by atoms with van der Waals surface area (Å²) < 4.78 is 6.50. The molecule has 2 aromatic carbocycles. The number of carbonyl (C=O) groups excluding carboxylic acids is 3. The summed E-state index contributed by atoms with van der Waals surface area (Å²) in [5.41, 5.74) is 1.48. The Morgan fingerprint density at radius 1 is 1.07 bits per heavy atom. The van der Waals surface area contributed by atoms with Crippen LogP contribution in [0.3, 0.4) is 0 Å². The minimum absolute atomic E-state index is 0.0454. The smallest absolute Gasteiger partial charge is 0.246 e. The van der Waals surface area contributed by atoms with Gasteiger partial charge in [0, 0.05) is 31.6 Å². The SMILES string of the molecule is CCC(C)[C@@H]1NCC2CCc3cccc(c3O2)CCCNC(=O)C(Cc2ccc(Cl)cc2)NC(=O)[C@H](C(C)(C)O)N(C)C1=O. The lowest BCUT2D eigenvalue weighted by atomic mass is 9.92. The summed E-state index contributed by atoms with van der Waals surface area (Å²) in [5.74, 6) is -0.405. The summed E-state index contributed by atoms with van der Waals surface area (Å²) in [7, 11) is 1.54. The number of carbonyl (C=O) groups is 3. The summed E-state index contributed by atoms with van der Waals surface area (Å²) in [6.07, 6.45) is 3.94. The summed E-state index contributed by atoms with van der Waals surface area (Å²) >= 11 is 6.08. The van der Waals surface area contributed by atoms with Crippen LogP contribution < -0.4 is 20.7 Å². The highest BCUT2D eigenvalue weighted by molar-refractivity contribution is 6.30. The molecule has 5 atom stereocenters. The van der Waals surface area contributed by atoms with Gasteiger partial charge in [0.05, 0.1) is 11.6 Å². The van der Waals surface area contributed by atoms with Crippen molar-refractivity contribution in [1.29, 1.82) is 0 Å². The van der Waals surface area contributed by atoms with Crippen molar-refractivity contribution < 1.29 is 24.2 Å². The number of nitrogens with one attached hydrogen (secondary N) is 3. The summed E-state index contributed by atoms with van der Waals surface area (Å²) in [6, 6.07) is 10.5. The number of aliphatic hydroxyl groups is 1. The summed E-state index contributed by atoms with van der Waals surface area (Å²) in [5, 5.41) is 21.0. The van der Waals surface area contributed by atoms with E-state index in [1.165, 1.54) is 31.4 Å². The van der Waals surface area contributed by atoms with Crippen LogP contribution in [0, 0.1) is 5.92 Å². The molecule has 3 unspecified atom stereocenters. The summed E-state index contributed by atoms with van der Waals surface area (Å²) in [6.45, 7) is 7.89. The van der Waals surface area contributed by atoms with E-state index in [1.54, 1.807) is 12.1 Å². The van der Waals surface area contributed by atoms with Crippen LogP contribution in [0.5, 0.6) is 5.75 Å². The number of para-hydroxylation sites is 1. The fourth-order valence-corrected chi connectivity index (χ4v) is 6.27. The van der Waals surface area contributed by atoms with Gasteiger partial charge in [-0.2, -0.15) is 0 Å². The number of likely N-dealkylation sites (N-methyl/N-ethyl adjacent to an activating group) is 1. The molecule has 44 heavy (non-hydrogen) atoms. The van der Waals surface area contributed by atoms with Crippen molar-refractivity contribution in [3.8, 4) is 5.75 Å². The Kier molecular flexibility index (Phi) is 11.3. The number of benzene rings is 2. The first-order valence-electron chi connectivity index (χ1n) is 15.7. The van der Waals surface area contributed by atoms with Gasteiger partial charge in [-0.3, -0.25) is 14.4 Å². The Bertz CT molecular complexity index is 1310. The minimum atomic E-state index is -1.59. The van der Waals surface area contributed by atoms with Crippen LogP contribution >= 0.6 is 11.6 Å². The van der Waals surface area contributed by atoms with Crippen LogP contribution in [0.25, 0.3) is 0 Å². The normalized spacial score (nSPS) is 24.8. The lowest BCUT2D eigenvalue weighted by Crippen LogP contribution is -2.64. The van der Waals surface area contributed by atoms with E-state index in [4.69, 9.17) is 16.3 Å². The van der Waals surface area contributed by atoms with Gasteiger partial charge in [-0.05, 0) is 74.3 Å². The molecule has 0 fully saturated rings. The third-order valence-corrected chi connectivity index (χ3v) is 9.06. The average molecular weight is 627 g/mol. The molecule has 0 radical (unpaired) electrons. The molecule has 0 spiro atoms. The lowest BCUT2D eigenvalue weighted by Gasteiger charge is -2.39. The molecule has 2 heterocycles. The van der Waals surface area contributed by atoms with Gasteiger partial charge in [0.2, 0.25) is 17.7 Å². The van der Waals surface area contributed by atoms with Crippen LogP contribution in [-0.4, -0.2) is 77.7 Å². The molecule has 10 heteroatoms. The molecule has 9 nitrogen and oxygen atoms in total. The van der Waals surface area contributed by atoms with Crippen LogP contribution in [0.15, 0.2) is 42.5 Å². The zero-order valence-corrected chi connectivity index (χ0v) is 27.2. The molecule has 4 rings (SSSR count). The fraction of sp³-hybridized carbons (Fsp3) is 0.559. The highest BCUT2D eigenvalue weighted by Gasteiger charge is 2.42. The van der Waals surface area contributed by atoms with Gasteiger partial charge in [-0.15, -0.1) is 0 Å². The van der Waals surface area contributed by atoms with E-state index in [2.05, 4.69) is 28.1 Å². The van der Waals surface area contributed by atoms with Crippen LogP contribution in [0.2, 0.25) is 5.02 Å². The van der Waals surface area contributed by atoms with Gasteiger partial charge in [0.1, 0.15) is 23.9 Å². The molecule has 240 valence electrons. The van der Waals surface area contributed by atoms with Crippen LogP contribution in [-0.2, 0) is 33.6 Å².